The maximum Gasteiger partial charge on any atom is 0.244 e. The van der Waals surface area contributed by atoms with E-state index in [1.165, 1.54) is 11.8 Å². The highest BCUT2D eigenvalue weighted by atomic mass is 32.2. The third-order valence-electron chi connectivity index (χ3n) is 4.39. The van der Waals surface area contributed by atoms with Gasteiger partial charge < -0.3 is 15.1 Å². The van der Waals surface area contributed by atoms with E-state index in [-0.39, 0.29) is 18.4 Å². The summed E-state index contributed by atoms with van der Waals surface area (Å²) in [6.45, 7) is 6.14. The van der Waals surface area contributed by atoms with Crippen molar-refractivity contribution in [3.05, 3.63) is 48.5 Å². The summed E-state index contributed by atoms with van der Waals surface area (Å²) >= 11 is 1.51. The van der Waals surface area contributed by atoms with Crippen molar-refractivity contribution in [1.29, 1.82) is 0 Å². The number of carbonyl (C=O) groups is 2. The van der Waals surface area contributed by atoms with Crippen LogP contribution in [0.25, 0.3) is 0 Å². The van der Waals surface area contributed by atoms with Gasteiger partial charge in [-0.15, -0.1) is 11.8 Å². The minimum Gasteiger partial charge on any atom is -0.372 e. The zero-order valence-corrected chi connectivity index (χ0v) is 15.9. The molecule has 0 saturated heterocycles. The van der Waals surface area contributed by atoms with E-state index in [4.69, 9.17) is 0 Å². The van der Waals surface area contributed by atoms with Gasteiger partial charge in [-0.1, -0.05) is 12.1 Å². The molecule has 1 aliphatic rings. The monoisotopic (exact) mass is 369 g/mol. The number of thioether (sulfide) groups is 1. The van der Waals surface area contributed by atoms with Crippen molar-refractivity contribution in [3.8, 4) is 0 Å². The van der Waals surface area contributed by atoms with Crippen LogP contribution in [0.5, 0.6) is 0 Å². The Morgan fingerprint density at radius 2 is 1.81 bits per heavy atom. The lowest BCUT2D eigenvalue weighted by atomic mass is 10.2. The summed E-state index contributed by atoms with van der Waals surface area (Å²) in [6, 6.07) is 15.5. The molecule has 3 rings (SSSR count). The average molecular weight is 369 g/mol. The molecule has 26 heavy (non-hydrogen) atoms. The summed E-state index contributed by atoms with van der Waals surface area (Å²) < 4.78 is 0. The average Bonchev–Trinajstić information content (AvgIpc) is 2.66. The zero-order valence-electron chi connectivity index (χ0n) is 15.1. The van der Waals surface area contributed by atoms with E-state index >= 15 is 0 Å². The maximum absolute atomic E-state index is 12.4. The van der Waals surface area contributed by atoms with Gasteiger partial charge in [0.15, 0.2) is 0 Å². The second-order valence-corrected chi connectivity index (χ2v) is 7.02. The fourth-order valence-electron chi connectivity index (χ4n) is 3.02. The van der Waals surface area contributed by atoms with Crippen molar-refractivity contribution in [2.75, 3.05) is 40.5 Å². The van der Waals surface area contributed by atoms with Crippen molar-refractivity contribution >= 4 is 40.6 Å². The molecule has 2 aromatic carbocycles. The molecule has 1 heterocycles. The molecule has 0 unspecified atom stereocenters. The number of rotatable bonds is 6. The Balaban J connectivity index is 1.67. The standard InChI is InChI=1S/C20H23N3O2S/c1-3-22(4-2)16-11-9-15(10-12-16)21-19(24)13-23-17-7-5-6-8-18(17)26-14-20(23)25/h5-12H,3-4,13-14H2,1-2H3,(H,21,24). The van der Waals surface area contributed by atoms with Crippen LogP contribution in [-0.4, -0.2) is 37.2 Å². The first-order chi connectivity index (χ1) is 12.6. The fraction of sp³-hybridized carbons (Fsp3) is 0.300. The van der Waals surface area contributed by atoms with Crippen LogP contribution in [0.1, 0.15) is 13.8 Å². The molecule has 0 atom stereocenters. The molecule has 0 aliphatic carbocycles. The number of anilines is 3. The molecule has 0 radical (unpaired) electrons. The molecule has 0 fully saturated rings. The largest absolute Gasteiger partial charge is 0.372 e. The SMILES string of the molecule is CCN(CC)c1ccc(NC(=O)CN2C(=O)CSc3ccccc32)cc1. The van der Waals surface area contributed by atoms with E-state index in [1.54, 1.807) is 4.90 Å². The van der Waals surface area contributed by atoms with Crippen LogP contribution < -0.4 is 15.1 Å². The summed E-state index contributed by atoms with van der Waals surface area (Å²) in [5.41, 5.74) is 2.67. The molecule has 0 bridgehead atoms. The highest BCUT2D eigenvalue weighted by molar-refractivity contribution is 8.00. The molecule has 5 nitrogen and oxygen atoms in total. The molecule has 2 aromatic rings. The fourth-order valence-corrected chi connectivity index (χ4v) is 3.95. The summed E-state index contributed by atoms with van der Waals surface area (Å²) in [4.78, 5) is 29.5. The Bertz CT molecular complexity index is 788. The van der Waals surface area contributed by atoms with Gasteiger partial charge in [-0.3, -0.25) is 9.59 Å². The van der Waals surface area contributed by atoms with E-state index in [0.717, 1.165) is 35.0 Å². The molecule has 0 saturated carbocycles. The van der Waals surface area contributed by atoms with Gasteiger partial charge >= 0.3 is 0 Å². The van der Waals surface area contributed by atoms with E-state index in [9.17, 15) is 9.59 Å². The molecular formula is C20H23N3O2S. The van der Waals surface area contributed by atoms with Crippen molar-refractivity contribution in [1.82, 2.24) is 0 Å². The van der Waals surface area contributed by atoms with E-state index in [2.05, 4.69) is 24.1 Å². The summed E-state index contributed by atoms with van der Waals surface area (Å²) in [5, 5.41) is 2.88. The van der Waals surface area contributed by atoms with Gasteiger partial charge in [-0.25, -0.2) is 0 Å². The lowest BCUT2D eigenvalue weighted by molar-refractivity contribution is -0.120. The summed E-state index contributed by atoms with van der Waals surface area (Å²) in [6.07, 6.45) is 0. The Morgan fingerprint density at radius 3 is 2.50 bits per heavy atom. The number of hydrogen-bond donors (Lipinski definition) is 1. The predicted molar refractivity (Wildman–Crippen MR) is 108 cm³/mol. The van der Waals surface area contributed by atoms with Crippen molar-refractivity contribution in [3.63, 3.8) is 0 Å². The van der Waals surface area contributed by atoms with Gasteiger partial charge in [0.05, 0.1) is 11.4 Å². The van der Waals surface area contributed by atoms with Crippen LogP contribution in [0.2, 0.25) is 0 Å². The van der Waals surface area contributed by atoms with Crippen LogP contribution in [0.4, 0.5) is 17.1 Å². The lowest BCUT2D eigenvalue weighted by Gasteiger charge is -2.28. The van der Waals surface area contributed by atoms with Crippen molar-refractivity contribution in [2.24, 2.45) is 0 Å². The second-order valence-electron chi connectivity index (χ2n) is 6.00. The number of benzene rings is 2. The number of nitrogens with zero attached hydrogens (tertiary/aromatic N) is 2. The van der Waals surface area contributed by atoms with Gasteiger partial charge in [0.25, 0.3) is 0 Å². The first-order valence-electron chi connectivity index (χ1n) is 8.79. The Hall–Kier alpha value is -2.47. The normalized spacial score (nSPS) is 13.3. The Labute approximate surface area is 158 Å². The minimum absolute atomic E-state index is 0.0220. The molecule has 1 aliphatic heterocycles. The molecule has 0 spiro atoms. The molecule has 1 N–H and O–H groups in total. The van der Waals surface area contributed by atoms with Crippen LogP contribution in [0, 0.1) is 0 Å². The van der Waals surface area contributed by atoms with E-state index in [1.807, 2.05) is 48.5 Å². The topological polar surface area (TPSA) is 52.7 Å². The second kappa shape index (κ2) is 8.27. The van der Waals surface area contributed by atoms with Crippen molar-refractivity contribution < 1.29 is 9.59 Å². The molecule has 2 amide bonds. The number of fused-ring (bicyclic) bond motifs is 1. The van der Waals surface area contributed by atoms with E-state index < -0.39 is 0 Å². The van der Waals surface area contributed by atoms with Crippen LogP contribution in [0.3, 0.4) is 0 Å². The van der Waals surface area contributed by atoms with Gasteiger partial charge in [-0.2, -0.15) is 0 Å². The number of para-hydroxylation sites is 1. The highest BCUT2D eigenvalue weighted by Gasteiger charge is 2.26. The minimum atomic E-state index is -0.198. The Kier molecular flexibility index (Phi) is 5.83. The summed E-state index contributed by atoms with van der Waals surface area (Å²) in [7, 11) is 0. The number of amides is 2. The Morgan fingerprint density at radius 1 is 1.12 bits per heavy atom. The smallest absolute Gasteiger partial charge is 0.244 e. The highest BCUT2D eigenvalue weighted by Crippen LogP contribution is 2.34. The molecular weight excluding hydrogens is 346 g/mol. The quantitative estimate of drug-likeness (QED) is 0.845. The van der Waals surface area contributed by atoms with Gasteiger partial charge in [-0.05, 0) is 50.2 Å². The molecule has 0 aromatic heterocycles. The summed E-state index contributed by atoms with van der Waals surface area (Å²) in [5.74, 6) is 0.124. The molecule has 6 heteroatoms. The number of hydrogen-bond acceptors (Lipinski definition) is 4. The zero-order chi connectivity index (χ0) is 18.5. The first kappa shape index (κ1) is 18.3. The van der Waals surface area contributed by atoms with Crippen LogP contribution in [0.15, 0.2) is 53.4 Å². The number of carbonyl (C=O) groups excluding carboxylic acids is 2. The van der Waals surface area contributed by atoms with Crippen LogP contribution in [-0.2, 0) is 9.59 Å². The van der Waals surface area contributed by atoms with E-state index in [0.29, 0.717) is 5.75 Å². The lowest BCUT2D eigenvalue weighted by Crippen LogP contribution is -2.41. The molecule has 136 valence electrons. The van der Waals surface area contributed by atoms with Crippen LogP contribution >= 0.6 is 11.8 Å². The van der Waals surface area contributed by atoms with Crippen molar-refractivity contribution in [2.45, 2.75) is 18.7 Å². The maximum atomic E-state index is 12.4. The third kappa shape index (κ3) is 4.02. The van der Waals surface area contributed by atoms with Gasteiger partial charge in [0.1, 0.15) is 6.54 Å². The number of nitrogens with one attached hydrogen (secondary N) is 1. The van der Waals surface area contributed by atoms with Gasteiger partial charge in [0, 0.05) is 29.4 Å². The van der Waals surface area contributed by atoms with Gasteiger partial charge in [0.2, 0.25) is 11.8 Å². The first-order valence-corrected chi connectivity index (χ1v) is 9.78. The predicted octanol–water partition coefficient (Wildman–Crippen LogP) is 3.61. The third-order valence-corrected chi connectivity index (χ3v) is 5.44.